The van der Waals surface area contributed by atoms with Crippen molar-refractivity contribution in [2.45, 2.75) is 38.6 Å². The molecular weight excluding hydrogens is 396 g/mol. The zero-order valence-electron chi connectivity index (χ0n) is 17.7. The number of nitrogens with zero attached hydrogens (tertiary/aromatic N) is 1. The lowest BCUT2D eigenvalue weighted by molar-refractivity contribution is -0.120. The SMILES string of the molecule is C=C(SC(C)=N)c1ccc2cnc(NC(=O)C3CCC(NCCOC)CC3)cc2c1. The summed E-state index contributed by atoms with van der Waals surface area (Å²) in [5, 5.41) is 16.6. The zero-order chi connectivity index (χ0) is 21.5. The van der Waals surface area contributed by atoms with Crippen LogP contribution in [-0.2, 0) is 9.53 Å². The molecular formula is C23H30N4O2S. The van der Waals surface area contributed by atoms with Crippen LogP contribution >= 0.6 is 11.8 Å². The van der Waals surface area contributed by atoms with Gasteiger partial charge in [0.1, 0.15) is 5.82 Å². The minimum atomic E-state index is 0.0288. The maximum atomic E-state index is 12.7. The molecule has 0 saturated heterocycles. The number of pyridine rings is 1. The Labute approximate surface area is 182 Å². The van der Waals surface area contributed by atoms with E-state index in [1.807, 2.05) is 24.3 Å². The van der Waals surface area contributed by atoms with E-state index in [1.165, 1.54) is 11.8 Å². The van der Waals surface area contributed by atoms with Crippen LogP contribution in [0.15, 0.2) is 37.0 Å². The molecule has 2 aromatic rings. The second-order valence-electron chi connectivity index (χ2n) is 7.70. The minimum Gasteiger partial charge on any atom is -0.383 e. The Morgan fingerprint density at radius 3 is 2.73 bits per heavy atom. The molecule has 3 rings (SSSR count). The number of amides is 1. The Kier molecular flexibility index (Phi) is 8.01. The van der Waals surface area contributed by atoms with Gasteiger partial charge in [-0.05, 0) is 55.7 Å². The van der Waals surface area contributed by atoms with Crippen LogP contribution in [0.5, 0.6) is 0 Å². The van der Waals surface area contributed by atoms with Gasteiger partial charge in [0.25, 0.3) is 0 Å². The minimum absolute atomic E-state index is 0.0288. The molecule has 0 unspecified atom stereocenters. The van der Waals surface area contributed by atoms with Gasteiger partial charge >= 0.3 is 0 Å². The lowest BCUT2D eigenvalue weighted by Crippen LogP contribution is -2.37. The van der Waals surface area contributed by atoms with Crippen molar-refractivity contribution in [3.8, 4) is 0 Å². The zero-order valence-corrected chi connectivity index (χ0v) is 18.5. The van der Waals surface area contributed by atoms with Gasteiger partial charge < -0.3 is 15.4 Å². The molecule has 1 saturated carbocycles. The number of hydrogen-bond acceptors (Lipinski definition) is 6. The molecule has 1 amide bonds. The van der Waals surface area contributed by atoms with Gasteiger partial charge in [-0.15, -0.1) is 0 Å². The van der Waals surface area contributed by atoms with E-state index in [0.717, 1.165) is 53.5 Å². The number of ether oxygens (including phenoxy) is 1. The molecule has 1 fully saturated rings. The van der Waals surface area contributed by atoms with E-state index in [0.29, 0.717) is 23.5 Å². The maximum Gasteiger partial charge on any atom is 0.228 e. The van der Waals surface area contributed by atoms with Crippen molar-refractivity contribution < 1.29 is 9.53 Å². The van der Waals surface area contributed by atoms with E-state index in [9.17, 15) is 4.79 Å². The van der Waals surface area contributed by atoms with Gasteiger partial charge in [-0.25, -0.2) is 4.98 Å². The largest absolute Gasteiger partial charge is 0.383 e. The fourth-order valence-corrected chi connectivity index (χ4v) is 4.39. The van der Waals surface area contributed by atoms with Gasteiger partial charge in [0.05, 0.1) is 11.7 Å². The second-order valence-corrected chi connectivity index (χ2v) is 9.01. The predicted molar refractivity (Wildman–Crippen MR) is 126 cm³/mol. The molecule has 3 N–H and O–H groups in total. The normalized spacial score (nSPS) is 18.9. The first-order valence-corrected chi connectivity index (χ1v) is 11.1. The van der Waals surface area contributed by atoms with E-state index in [4.69, 9.17) is 10.1 Å². The first-order valence-electron chi connectivity index (χ1n) is 10.3. The van der Waals surface area contributed by atoms with Crippen molar-refractivity contribution in [3.63, 3.8) is 0 Å². The van der Waals surface area contributed by atoms with Crippen molar-refractivity contribution in [1.29, 1.82) is 5.41 Å². The van der Waals surface area contributed by atoms with Crippen LogP contribution in [0.1, 0.15) is 38.2 Å². The molecule has 7 heteroatoms. The molecule has 1 aromatic carbocycles. The third-order valence-corrected chi connectivity index (χ3v) is 6.20. The Morgan fingerprint density at radius 1 is 1.27 bits per heavy atom. The predicted octanol–water partition coefficient (Wildman–Crippen LogP) is 4.67. The molecule has 30 heavy (non-hydrogen) atoms. The third kappa shape index (κ3) is 6.14. The number of carbonyl (C=O) groups excluding carboxylic acids is 1. The Morgan fingerprint density at radius 2 is 2.03 bits per heavy atom. The highest BCUT2D eigenvalue weighted by Gasteiger charge is 2.26. The number of methoxy groups -OCH3 is 1. The monoisotopic (exact) mass is 426 g/mol. The molecule has 0 radical (unpaired) electrons. The fraction of sp³-hybridized carbons (Fsp3) is 0.435. The molecule has 1 aliphatic rings. The van der Waals surface area contributed by atoms with Crippen LogP contribution < -0.4 is 10.6 Å². The van der Waals surface area contributed by atoms with Gasteiger partial charge in [0, 0.05) is 42.1 Å². The lowest BCUT2D eigenvalue weighted by atomic mass is 9.85. The summed E-state index contributed by atoms with van der Waals surface area (Å²) in [6.45, 7) is 7.37. The van der Waals surface area contributed by atoms with Crippen LogP contribution in [0.2, 0.25) is 0 Å². The second kappa shape index (κ2) is 10.7. The number of carbonyl (C=O) groups is 1. The van der Waals surface area contributed by atoms with E-state index in [1.54, 1.807) is 20.2 Å². The molecule has 1 aromatic heterocycles. The van der Waals surface area contributed by atoms with Gasteiger partial charge in [-0.3, -0.25) is 10.2 Å². The molecule has 0 spiro atoms. The molecule has 160 valence electrons. The van der Waals surface area contributed by atoms with Crippen LogP contribution in [0.4, 0.5) is 5.82 Å². The summed E-state index contributed by atoms with van der Waals surface area (Å²) in [7, 11) is 1.71. The molecule has 6 nitrogen and oxygen atoms in total. The van der Waals surface area contributed by atoms with Crippen molar-refractivity contribution in [1.82, 2.24) is 10.3 Å². The van der Waals surface area contributed by atoms with Crippen molar-refractivity contribution in [2.24, 2.45) is 5.92 Å². The first-order chi connectivity index (χ1) is 14.5. The quantitative estimate of drug-likeness (QED) is 0.324. The van der Waals surface area contributed by atoms with E-state index >= 15 is 0 Å². The Balaban J connectivity index is 1.60. The Bertz CT molecular complexity index is 923. The summed E-state index contributed by atoms with van der Waals surface area (Å²) < 4.78 is 5.08. The fourth-order valence-electron chi connectivity index (χ4n) is 3.78. The van der Waals surface area contributed by atoms with Crippen molar-refractivity contribution in [2.75, 3.05) is 25.6 Å². The van der Waals surface area contributed by atoms with Gasteiger partial charge in [0.2, 0.25) is 5.91 Å². The van der Waals surface area contributed by atoms with Crippen LogP contribution in [0.3, 0.4) is 0 Å². The van der Waals surface area contributed by atoms with Crippen LogP contribution in [0.25, 0.3) is 15.7 Å². The van der Waals surface area contributed by atoms with E-state index < -0.39 is 0 Å². The smallest absolute Gasteiger partial charge is 0.228 e. The van der Waals surface area contributed by atoms with E-state index in [-0.39, 0.29) is 11.8 Å². The number of fused-ring (bicyclic) bond motifs is 1. The van der Waals surface area contributed by atoms with Crippen LogP contribution in [-0.4, -0.2) is 42.2 Å². The number of anilines is 1. The number of aromatic nitrogens is 1. The van der Waals surface area contributed by atoms with Gasteiger partial charge in [-0.1, -0.05) is 30.5 Å². The maximum absolute atomic E-state index is 12.7. The molecule has 1 heterocycles. The number of rotatable bonds is 8. The highest BCUT2D eigenvalue weighted by Crippen LogP contribution is 2.30. The van der Waals surface area contributed by atoms with Crippen molar-refractivity contribution >= 4 is 44.2 Å². The molecule has 1 aliphatic carbocycles. The summed E-state index contributed by atoms with van der Waals surface area (Å²) in [5.74, 6) is 0.653. The first kappa shape index (κ1) is 22.5. The average Bonchev–Trinajstić information content (AvgIpc) is 2.73. The topological polar surface area (TPSA) is 87.1 Å². The third-order valence-electron chi connectivity index (χ3n) is 5.41. The van der Waals surface area contributed by atoms with Crippen molar-refractivity contribution in [3.05, 3.63) is 42.6 Å². The summed E-state index contributed by atoms with van der Waals surface area (Å²) in [4.78, 5) is 18.0. The average molecular weight is 427 g/mol. The van der Waals surface area contributed by atoms with E-state index in [2.05, 4.69) is 22.2 Å². The highest BCUT2D eigenvalue weighted by atomic mass is 32.2. The number of hydrogen-bond donors (Lipinski definition) is 3. The molecule has 0 bridgehead atoms. The number of thioether (sulfide) groups is 1. The molecule has 0 atom stereocenters. The number of nitrogens with one attached hydrogen (secondary N) is 3. The summed E-state index contributed by atoms with van der Waals surface area (Å²) >= 11 is 1.35. The summed E-state index contributed by atoms with van der Waals surface area (Å²) in [6, 6.07) is 8.38. The van der Waals surface area contributed by atoms with Gasteiger partial charge in [-0.2, -0.15) is 0 Å². The standard InChI is InChI=1S/C23H30N4O2S/c1-15(30-16(2)24)18-4-5-19-14-26-22(13-20(19)12-18)27-23(28)17-6-8-21(9-7-17)25-10-11-29-3/h4-5,12-14,17,21,24-25H,1,6-11H2,2-3H3,(H,26,27,28). The highest BCUT2D eigenvalue weighted by molar-refractivity contribution is 8.21. The summed E-state index contributed by atoms with van der Waals surface area (Å²) in [6.07, 6.45) is 5.55. The lowest BCUT2D eigenvalue weighted by Gasteiger charge is -2.28. The van der Waals surface area contributed by atoms with Gasteiger partial charge in [0.15, 0.2) is 0 Å². The Hall–Kier alpha value is -2.22. The summed E-state index contributed by atoms with van der Waals surface area (Å²) in [5.41, 5.74) is 0.974. The van der Waals surface area contributed by atoms with Crippen LogP contribution in [0, 0.1) is 11.3 Å². The molecule has 0 aliphatic heterocycles. The number of benzene rings is 1.